The van der Waals surface area contributed by atoms with Crippen molar-refractivity contribution in [2.24, 2.45) is 0 Å². The van der Waals surface area contributed by atoms with Gasteiger partial charge in [-0.2, -0.15) is 0 Å². The molecule has 0 unspecified atom stereocenters. The van der Waals surface area contributed by atoms with Crippen molar-refractivity contribution in [3.8, 4) is 22.3 Å². The highest BCUT2D eigenvalue weighted by Crippen LogP contribution is 2.60. The third-order valence-corrected chi connectivity index (χ3v) is 15.0. The molecule has 0 atom stereocenters. The van der Waals surface area contributed by atoms with Crippen molar-refractivity contribution in [3.63, 3.8) is 0 Å². The predicted molar refractivity (Wildman–Crippen MR) is 270 cm³/mol. The highest BCUT2D eigenvalue weighted by molar-refractivity contribution is 7.17. The van der Waals surface area contributed by atoms with E-state index in [1.54, 1.807) is 11.3 Å². The minimum Gasteiger partial charge on any atom is -0.310 e. The summed E-state index contributed by atoms with van der Waals surface area (Å²) >= 11 is 1.79. The largest absolute Gasteiger partial charge is 0.310 e. The number of hydrogen-bond acceptors (Lipinski definition) is 2. The fourth-order valence-electron chi connectivity index (χ4n) is 11.2. The number of rotatable bonds is 7. The topological polar surface area (TPSA) is 3.24 Å². The van der Waals surface area contributed by atoms with E-state index in [-0.39, 0.29) is 5.41 Å². The molecule has 2 aliphatic rings. The maximum Gasteiger partial charge on any atom is 0.0714 e. The minimum absolute atomic E-state index is 0.0179. The van der Waals surface area contributed by atoms with Gasteiger partial charge >= 0.3 is 0 Å². The van der Waals surface area contributed by atoms with E-state index in [4.69, 9.17) is 0 Å². The molecule has 0 aliphatic heterocycles. The number of fused-ring (bicyclic) bond motifs is 7. The molecule has 1 nitrogen and oxygen atoms in total. The summed E-state index contributed by atoms with van der Waals surface area (Å²) in [4.78, 5) is 2.50. The third-order valence-electron chi connectivity index (χ3n) is 14.1. The Kier molecular flexibility index (Phi) is 8.80. The van der Waals surface area contributed by atoms with E-state index < -0.39 is 10.8 Å². The molecule has 2 heteroatoms. The lowest BCUT2D eigenvalue weighted by atomic mass is 9.67. The summed E-state index contributed by atoms with van der Waals surface area (Å²) in [6.45, 7) is 6.97. The summed E-state index contributed by atoms with van der Waals surface area (Å²) in [6, 6.07) is 84.5. The van der Waals surface area contributed by atoms with Crippen LogP contribution in [0.3, 0.4) is 0 Å². The summed E-state index contributed by atoms with van der Waals surface area (Å²) in [5.74, 6) is 0. The van der Waals surface area contributed by atoms with E-state index in [0.717, 1.165) is 17.1 Å². The molecule has 12 rings (SSSR count). The van der Waals surface area contributed by atoms with Gasteiger partial charge < -0.3 is 4.90 Å². The van der Waals surface area contributed by atoms with Crippen LogP contribution in [-0.2, 0) is 16.2 Å². The Bertz CT molecular complexity index is 3280. The van der Waals surface area contributed by atoms with E-state index in [0.29, 0.717) is 0 Å². The summed E-state index contributed by atoms with van der Waals surface area (Å²) in [7, 11) is 0. The Balaban J connectivity index is 1.13. The van der Waals surface area contributed by atoms with Crippen molar-refractivity contribution in [1.82, 2.24) is 0 Å². The molecule has 9 aromatic carbocycles. The summed E-state index contributed by atoms with van der Waals surface area (Å²) in [5, 5.41) is 3.45. The molecular formula is C62H47NS. The summed E-state index contributed by atoms with van der Waals surface area (Å²) in [6.07, 6.45) is 0. The standard InChI is InChI=1S/C62H47NS/c1-60(2,3)47-28-32-52-53-33-29-50(41-58(53)62(57(52)39-47,45-22-12-6-13-23-45)46-24-14-7-15-25-46)63(48-31-35-59-42(38-48)36-37-64-59)49-30-34-56-54(40-49)51-26-16-17-27-55(51)61(56,43-18-8-4-9-19-43)44-20-10-5-11-21-44/h4-41H,1-3H3. The van der Waals surface area contributed by atoms with Gasteiger partial charge in [-0.25, -0.2) is 0 Å². The summed E-state index contributed by atoms with van der Waals surface area (Å²) in [5.41, 5.74) is 19.1. The number of benzene rings is 9. The molecule has 1 aromatic heterocycles. The van der Waals surface area contributed by atoms with Crippen LogP contribution in [0.5, 0.6) is 0 Å². The lowest BCUT2D eigenvalue weighted by Gasteiger charge is -2.36. The molecule has 0 fully saturated rings. The van der Waals surface area contributed by atoms with Crippen molar-refractivity contribution >= 4 is 38.5 Å². The molecule has 0 bridgehead atoms. The molecule has 306 valence electrons. The second kappa shape index (κ2) is 14.7. The first-order chi connectivity index (χ1) is 31.4. The number of anilines is 3. The van der Waals surface area contributed by atoms with Crippen molar-refractivity contribution in [1.29, 1.82) is 0 Å². The first-order valence-electron chi connectivity index (χ1n) is 22.4. The molecule has 1 heterocycles. The van der Waals surface area contributed by atoms with Crippen LogP contribution < -0.4 is 4.90 Å². The fourth-order valence-corrected chi connectivity index (χ4v) is 12.0. The second-order valence-corrected chi connectivity index (χ2v) is 19.4. The zero-order chi connectivity index (χ0) is 43.0. The molecule has 10 aromatic rings. The van der Waals surface area contributed by atoms with E-state index >= 15 is 0 Å². The predicted octanol–water partition coefficient (Wildman–Crippen LogP) is 16.4. The molecule has 0 saturated heterocycles. The Labute approximate surface area is 380 Å². The van der Waals surface area contributed by atoms with Gasteiger partial charge in [0.1, 0.15) is 0 Å². The van der Waals surface area contributed by atoms with Crippen LogP contribution in [0.4, 0.5) is 17.1 Å². The molecule has 0 spiro atoms. The Morgan fingerprint density at radius 1 is 0.359 bits per heavy atom. The monoisotopic (exact) mass is 837 g/mol. The third kappa shape index (κ3) is 5.62. The molecule has 0 N–H and O–H groups in total. The Morgan fingerprint density at radius 2 is 0.812 bits per heavy atom. The SMILES string of the molecule is CC(C)(C)c1ccc2c(c1)C(c1ccccc1)(c1ccccc1)c1cc(N(c3ccc4c(c3)-c3ccccc3C4(c3ccccc3)c3ccccc3)c3ccc4sccc4c3)ccc1-2. The van der Waals surface area contributed by atoms with Crippen molar-refractivity contribution in [3.05, 3.63) is 280 Å². The maximum atomic E-state index is 2.50. The van der Waals surface area contributed by atoms with Crippen molar-refractivity contribution in [2.75, 3.05) is 4.90 Å². The fraction of sp³-hybridized carbons (Fsp3) is 0.0968. The van der Waals surface area contributed by atoms with Gasteiger partial charge in [0.25, 0.3) is 0 Å². The first kappa shape index (κ1) is 38.4. The first-order valence-corrected chi connectivity index (χ1v) is 23.3. The van der Waals surface area contributed by atoms with Crippen molar-refractivity contribution in [2.45, 2.75) is 37.0 Å². The molecule has 64 heavy (non-hydrogen) atoms. The Hall–Kier alpha value is -7.26. The van der Waals surface area contributed by atoms with Crippen LogP contribution in [0, 0.1) is 0 Å². The lowest BCUT2D eigenvalue weighted by Crippen LogP contribution is -2.29. The number of hydrogen-bond donors (Lipinski definition) is 0. The van der Waals surface area contributed by atoms with Crippen LogP contribution in [-0.4, -0.2) is 0 Å². The van der Waals surface area contributed by atoms with Gasteiger partial charge in [-0.15, -0.1) is 11.3 Å². The maximum absolute atomic E-state index is 2.50. The van der Waals surface area contributed by atoms with Gasteiger partial charge in [0, 0.05) is 21.8 Å². The number of nitrogens with zero attached hydrogens (tertiary/aromatic N) is 1. The minimum atomic E-state index is -0.546. The van der Waals surface area contributed by atoms with Crippen molar-refractivity contribution < 1.29 is 0 Å². The van der Waals surface area contributed by atoms with Crippen LogP contribution in [0.1, 0.15) is 70.8 Å². The van der Waals surface area contributed by atoms with E-state index in [9.17, 15) is 0 Å². The molecule has 2 aliphatic carbocycles. The quantitative estimate of drug-likeness (QED) is 0.155. The normalized spacial score (nSPS) is 14.1. The molecular weight excluding hydrogens is 791 g/mol. The van der Waals surface area contributed by atoms with Gasteiger partial charge in [-0.1, -0.05) is 197 Å². The lowest BCUT2D eigenvalue weighted by molar-refractivity contribution is 0.588. The average Bonchev–Trinajstić information content (AvgIpc) is 4.02. The van der Waals surface area contributed by atoms with Gasteiger partial charge in [0.2, 0.25) is 0 Å². The zero-order valence-corrected chi connectivity index (χ0v) is 37.1. The van der Waals surface area contributed by atoms with Crippen LogP contribution >= 0.6 is 11.3 Å². The van der Waals surface area contributed by atoms with Gasteiger partial charge in [-0.05, 0) is 137 Å². The summed E-state index contributed by atoms with van der Waals surface area (Å²) < 4.78 is 1.29. The van der Waals surface area contributed by atoms with Crippen LogP contribution in [0.15, 0.2) is 230 Å². The van der Waals surface area contributed by atoms with E-state index in [2.05, 4.69) is 256 Å². The van der Waals surface area contributed by atoms with Gasteiger partial charge in [-0.3, -0.25) is 0 Å². The smallest absolute Gasteiger partial charge is 0.0714 e. The molecule has 0 radical (unpaired) electrons. The second-order valence-electron chi connectivity index (χ2n) is 18.5. The van der Waals surface area contributed by atoms with Crippen LogP contribution in [0.25, 0.3) is 32.3 Å². The van der Waals surface area contributed by atoms with Crippen LogP contribution in [0.2, 0.25) is 0 Å². The van der Waals surface area contributed by atoms with E-state index in [1.807, 2.05) is 0 Å². The molecule has 0 amide bonds. The van der Waals surface area contributed by atoms with Gasteiger partial charge in [0.05, 0.1) is 10.8 Å². The highest BCUT2D eigenvalue weighted by atomic mass is 32.1. The average molecular weight is 838 g/mol. The van der Waals surface area contributed by atoms with E-state index in [1.165, 1.54) is 82.4 Å². The Morgan fingerprint density at radius 3 is 1.42 bits per heavy atom. The highest BCUT2D eigenvalue weighted by Gasteiger charge is 2.48. The van der Waals surface area contributed by atoms with Gasteiger partial charge in [0.15, 0.2) is 0 Å². The number of thiophene rings is 1. The molecule has 0 saturated carbocycles. The zero-order valence-electron chi connectivity index (χ0n) is 36.3.